The van der Waals surface area contributed by atoms with Crippen molar-refractivity contribution in [3.63, 3.8) is 0 Å². The lowest BCUT2D eigenvalue weighted by Gasteiger charge is -2.34. The Morgan fingerprint density at radius 3 is 2.32 bits per heavy atom. The van der Waals surface area contributed by atoms with Gasteiger partial charge in [-0.05, 0) is 45.7 Å². The highest BCUT2D eigenvalue weighted by atomic mass is 32.2. The fraction of sp³-hybridized carbons (Fsp3) is 0.846. The van der Waals surface area contributed by atoms with Crippen LogP contribution in [0, 0.1) is 0 Å². The Bertz CT molecular complexity index is 303. The van der Waals surface area contributed by atoms with Gasteiger partial charge < -0.3 is 10.4 Å². The maximum Gasteiger partial charge on any atom is 0.326 e. The number of carboxylic acids is 1. The molecule has 1 amide bonds. The van der Waals surface area contributed by atoms with E-state index < -0.39 is 12.0 Å². The van der Waals surface area contributed by atoms with Gasteiger partial charge in [-0.15, -0.1) is 0 Å². The van der Waals surface area contributed by atoms with Crippen LogP contribution in [0.15, 0.2) is 0 Å². The molecule has 0 aromatic rings. The zero-order valence-corrected chi connectivity index (χ0v) is 13.3. The Kier molecular flexibility index (Phi) is 8.09. The Morgan fingerprint density at radius 2 is 1.95 bits per heavy atom. The molecule has 0 spiro atoms. The second-order valence-corrected chi connectivity index (χ2v) is 6.41. The second-order valence-electron chi connectivity index (χ2n) is 5.42. The Labute approximate surface area is 120 Å². The topological polar surface area (TPSA) is 69.6 Å². The van der Waals surface area contributed by atoms with Gasteiger partial charge in [0.2, 0.25) is 5.91 Å². The molecule has 5 nitrogen and oxygen atoms in total. The quantitative estimate of drug-likeness (QED) is 0.708. The maximum absolute atomic E-state index is 11.9. The number of thioether (sulfide) groups is 1. The minimum Gasteiger partial charge on any atom is -0.480 e. The Morgan fingerprint density at radius 1 is 1.37 bits per heavy atom. The molecule has 112 valence electrons. The van der Waals surface area contributed by atoms with Gasteiger partial charge in [0.15, 0.2) is 0 Å². The van der Waals surface area contributed by atoms with Crippen molar-refractivity contribution in [3.05, 3.63) is 0 Å². The van der Waals surface area contributed by atoms with Crippen LogP contribution in [0.1, 0.15) is 34.1 Å². The lowest BCUT2D eigenvalue weighted by atomic mass is 10.1. The van der Waals surface area contributed by atoms with Gasteiger partial charge in [0, 0.05) is 5.54 Å². The SMILES string of the molecule is CCN(CC(=O)NC(CCSC)C(=O)O)C(C)(C)C. The molecule has 1 unspecified atom stereocenters. The molecule has 19 heavy (non-hydrogen) atoms. The molecule has 0 saturated heterocycles. The van der Waals surface area contributed by atoms with Gasteiger partial charge in [-0.2, -0.15) is 11.8 Å². The van der Waals surface area contributed by atoms with E-state index in [0.717, 1.165) is 6.54 Å². The first-order chi connectivity index (χ1) is 8.72. The number of likely N-dealkylation sites (N-methyl/N-ethyl adjacent to an activating group) is 1. The molecular weight excluding hydrogens is 264 g/mol. The predicted octanol–water partition coefficient (Wildman–Crippen LogP) is 1.43. The van der Waals surface area contributed by atoms with Gasteiger partial charge in [-0.25, -0.2) is 4.79 Å². The molecule has 0 aliphatic heterocycles. The van der Waals surface area contributed by atoms with Crippen molar-refractivity contribution in [1.82, 2.24) is 10.2 Å². The van der Waals surface area contributed by atoms with E-state index in [4.69, 9.17) is 5.11 Å². The van der Waals surface area contributed by atoms with Crippen LogP contribution in [-0.2, 0) is 9.59 Å². The monoisotopic (exact) mass is 290 g/mol. The minimum absolute atomic E-state index is 0.107. The first kappa shape index (κ1) is 18.2. The summed E-state index contributed by atoms with van der Waals surface area (Å²) in [6.07, 6.45) is 2.36. The average molecular weight is 290 g/mol. The van der Waals surface area contributed by atoms with Crippen LogP contribution in [-0.4, -0.2) is 58.6 Å². The average Bonchev–Trinajstić information content (AvgIpc) is 2.29. The van der Waals surface area contributed by atoms with E-state index in [0.29, 0.717) is 12.2 Å². The van der Waals surface area contributed by atoms with Crippen LogP contribution >= 0.6 is 11.8 Å². The first-order valence-corrected chi connectivity index (χ1v) is 7.87. The van der Waals surface area contributed by atoms with Gasteiger partial charge in [0.05, 0.1) is 6.54 Å². The predicted molar refractivity (Wildman–Crippen MR) is 79.6 cm³/mol. The summed E-state index contributed by atoms with van der Waals surface area (Å²) in [5.41, 5.74) is -0.107. The first-order valence-electron chi connectivity index (χ1n) is 6.48. The summed E-state index contributed by atoms with van der Waals surface area (Å²) in [6.45, 7) is 9.06. The summed E-state index contributed by atoms with van der Waals surface area (Å²) in [7, 11) is 0. The number of amides is 1. The van der Waals surface area contributed by atoms with Crippen molar-refractivity contribution in [2.75, 3.05) is 25.1 Å². The summed E-state index contributed by atoms with van der Waals surface area (Å²) in [5, 5.41) is 11.7. The van der Waals surface area contributed by atoms with Gasteiger partial charge in [-0.1, -0.05) is 6.92 Å². The van der Waals surface area contributed by atoms with E-state index in [9.17, 15) is 9.59 Å². The lowest BCUT2D eigenvalue weighted by Crippen LogP contribution is -2.50. The van der Waals surface area contributed by atoms with E-state index >= 15 is 0 Å². The molecule has 0 heterocycles. The van der Waals surface area contributed by atoms with Crippen LogP contribution in [0.25, 0.3) is 0 Å². The van der Waals surface area contributed by atoms with E-state index in [1.54, 1.807) is 11.8 Å². The Hall–Kier alpha value is -0.750. The zero-order valence-electron chi connectivity index (χ0n) is 12.5. The molecule has 0 bridgehead atoms. The van der Waals surface area contributed by atoms with E-state index in [1.807, 2.05) is 38.9 Å². The third-order valence-electron chi connectivity index (χ3n) is 2.91. The molecule has 0 aromatic heterocycles. The number of hydrogen-bond acceptors (Lipinski definition) is 4. The summed E-state index contributed by atoms with van der Waals surface area (Å²) in [5.74, 6) is -0.486. The Balaban J connectivity index is 4.44. The number of nitrogens with one attached hydrogen (secondary N) is 1. The summed E-state index contributed by atoms with van der Waals surface area (Å²) in [4.78, 5) is 25.0. The van der Waals surface area contributed by atoms with Crippen LogP contribution < -0.4 is 5.32 Å². The van der Waals surface area contributed by atoms with E-state index in [1.165, 1.54) is 0 Å². The van der Waals surface area contributed by atoms with Gasteiger partial charge in [0.1, 0.15) is 6.04 Å². The fourth-order valence-corrected chi connectivity index (χ4v) is 2.20. The van der Waals surface area contributed by atoms with Crippen LogP contribution in [0.5, 0.6) is 0 Å². The minimum atomic E-state index is -0.971. The fourth-order valence-electron chi connectivity index (χ4n) is 1.73. The van der Waals surface area contributed by atoms with Crippen LogP contribution in [0.2, 0.25) is 0 Å². The van der Waals surface area contributed by atoms with Crippen LogP contribution in [0.3, 0.4) is 0 Å². The number of nitrogens with zero attached hydrogens (tertiary/aromatic N) is 1. The van der Waals surface area contributed by atoms with Crippen molar-refractivity contribution in [3.8, 4) is 0 Å². The molecule has 0 rings (SSSR count). The summed E-state index contributed by atoms with van der Waals surface area (Å²) < 4.78 is 0. The van der Waals surface area contributed by atoms with Gasteiger partial charge in [0.25, 0.3) is 0 Å². The molecule has 0 aliphatic rings. The molecule has 1 atom stereocenters. The highest BCUT2D eigenvalue weighted by Gasteiger charge is 2.24. The number of carbonyl (C=O) groups excluding carboxylic acids is 1. The molecule has 0 aromatic carbocycles. The molecule has 0 aliphatic carbocycles. The molecule has 0 fully saturated rings. The van der Waals surface area contributed by atoms with Crippen molar-refractivity contribution < 1.29 is 14.7 Å². The highest BCUT2D eigenvalue weighted by molar-refractivity contribution is 7.98. The van der Waals surface area contributed by atoms with Crippen LogP contribution in [0.4, 0.5) is 0 Å². The van der Waals surface area contributed by atoms with Crippen molar-refractivity contribution in [2.24, 2.45) is 0 Å². The molecular formula is C13H26N2O3S. The number of rotatable bonds is 8. The number of hydrogen-bond donors (Lipinski definition) is 2. The second kappa shape index (κ2) is 8.43. The largest absolute Gasteiger partial charge is 0.480 e. The third-order valence-corrected chi connectivity index (χ3v) is 3.55. The standard InChI is InChI=1S/C13H26N2O3S/c1-6-15(13(2,3)4)9-11(16)14-10(12(17)18)7-8-19-5/h10H,6-9H2,1-5H3,(H,14,16)(H,17,18). The summed E-state index contributed by atoms with van der Waals surface area (Å²) in [6, 6.07) is -0.793. The van der Waals surface area contributed by atoms with Crippen molar-refractivity contribution in [2.45, 2.75) is 45.7 Å². The molecule has 0 radical (unpaired) electrons. The molecule has 2 N–H and O–H groups in total. The third kappa shape index (κ3) is 7.42. The number of carbonyl (C=O) groups is 2. The van der Waals surface area contributed by atoms with E-state index in [-0.39, 0.29) is 18.0 Å². The van der Waals surface area contributed by atoms with Gasteiger partial charge >= 0.3 is 5.97 Å². The molecule has 6 heteroatoms. The maximum atomic E-state index is 11.9. The van der Waals surface area contributed by atoms with Crippen molar-refractivity contribution in [1.29, 1.82) is 0 Å². The van der Waals surface area contributed by atoms with E-state index in [2.05, 4.69) is 5.32 Å². The molecule has 0 saturated carbocycles. The number of carboxylic acid groups (broad SMARTS) is 1. The normalized spacial score (nSPS) is 13.4. The summed E-state index contributed by atoms with van der Waals surface area (Å²) >= 11 is 1.57. The van der Waals surface area contributed by atoms with Crippen molar-refractivity contribution >= 4 is 23.6 Å². The highest BCUT2D eigenvalue weighted by Crippen LogP contribution is 2.12. The number of aliphatic carboxylic acids is 1. The lowest BCUT2D eigenvalue weighted by molar-refractivity contribution is -0.142. The zero-order chi connectivity index (χ0) is 15.1. The van der Waals surface area contributed by atoms with Gasteiger partial charge in [-0.3, -0.25) is 9.69 Å². The smallest absolute Gasteiger partial charge is 0.326 e.